The summed E-state index contributed by atoms with van der Waals surface area (Å²) in [7, 11) is 3.08. The van der Waals surface area contributed by atoms with E-state index in [1.165, 1.54) is 12.0 Å². The summed E-state index contributed by atoms with van der Waals surface area (Å²) in [5.74, 6) is 0.190. The highest BCUT2D eigenvalue weighted by atomic mass is 19.4. The second kappa shape index (κ2) is 5.47. The second-order valence-electron chi connectivity index (χ2n) is 4.23. The molecule has 0 aliphatic carbocycles. The van der Waals surface area contributed by atoms with E-state index < -0.39 is 17.8 Å². The second-order valence-corrected chi connectivity index (χ2v) is 4.23. The molecule has 0 atom stereocenters. The van der Waals surface area contributed by atoms with Crippen molar-refractivity contribution in [2.75, 3.05) is 24.8 Å². The maximum Gasteiger partial charge on any atom is 0.433 e. The Morgan fingerprint density at radius 3 is 2.52 bits per heavy atom. The van der Waals surface area contributed by atoms with Crippen LogP contribution < -0.4 is 15.4 Å². The normalized spacial score (nSPS) is 11.3. The van der Waals surface area contributed by atoms with Gasteiger partial charge in [-0.25, -0.2) is 4.98 Å². The Kier molecular flexibility index (Phi) is 3.88. The highest BCUT2D eigenvalue weighted by Gasteiger charge is 2.34. The van der Waals surface area contributed by atoms with Gasteiger partial charge in [0.1, 0.15) is 11.6 Å². The minimum atomic E-state index is -4.58. The van der Waals surface area contributed by atoms with Crippen molar-refractivity contribution in [1.82, 2.24) is 9.97 Å². The Morgan fingerprint density at radius 2 is 1.90 bits per heavy atom. The monoisotopic (exact) mass is 298 g/mol. The van der Waals surface area contributed by atoms with Crippen LogP contribution in [0.5, 0.6) is 5.75 Å². The summed E-state index contributed by atoms with van der Waals surface area (Å²) in [5.41, 5.74) is 4.88. The van der Waals surface area contributed by atoms with Crippen molar-refractivity contribution in [3.63, 3.8) is 0 Å². The number of aromatic nitrogens is 2. The first-order valence-corrected chi connectivity index (χ1v) is 5.91. The Morgan fingerprint density at radius 1 is 1.19 bits per heavy atom. The standard InChI is InChI=1S/C13H13F3N4O/c1-20(8-4-3-5-9(6-8)21-2)11-7-10(13(14,15)16)18-12(17)19-11/h3-7H,1-2H3,(H2,17,18,19). The SMILES string of the molecule is COc1cccc(N(C)c2cc(C(F)(F)F)nc(N)n2)c1. The maximum atomic E-state index is 12.7. The molecule has 0 amide bonds. The van der Waals surface area contributed by atoms with E-state index in [9.17, 15) is 13.2 Å². The Bertz CT molecular complexity index is 646. The topological polar surface area (TPSA) is 64.3 Å². The largest absolute Gasteiger partial charge is 0.497 e. The first kappa shape index (κ1) is 14.9. The zero-order chi connectivity index (χ0) is 15.6. The first-order valence-electron chi connectivity index (χ1n) is 5.91. The fourth-order valence-corrected chi connectivity index (χ4v) is 1.72. The average Bonchev–Trinajstić information content (AvgIpc) is 2.45. The Balaban J connectivity index is 2.43. The minimum absolute atomic E-state index is 0.0445. The van der Waals surface area contributed by atoms with E-state index in [1.807, 2.05) is 0 Å². The van der Waals surface area contributed by atoms with Crippen LogP contribution in [-0.4, -0.2) is 24.1 Å². The van der Waals surface area contributed by atoms with E-state index in [-0.39, 0.29) is 5.82 Å². The number of nitrogen functional groups attached to an aromatic ring is 1. The zero-order valence-electron chi connectivity index (χ0n) is 11.3. The number of benzene rings is 1. The molecular formula is C13H13F3N4O. The summed E-state index contributed by atoms with van der Waals surface area (Å²) < 4.78 is 43.3. The molecule has 2 N–H and O–H groups in total. The molecule has 2 aromatic rings. The van der Waals surface area contributed by atoms with Crippen molar-refractivity contribution in [3.8, 4) is 5.75 Å². The molecule has 0 fully saturated rings. The molecule has 2 rings (SSSR count). The third kappa shape index (κ3) is 3.33. The van der Waals surface area contributed by atoms with Gasteiger partial charge < -0.3 is 15.4 Å². The van der Waals surface area contributed by atoms with Crippen LogP contribution in [0.15, 0.2) is 30.3 Å². The average molecular weight is 298 g/mol. The van der Waals surface area contributed by atoms with E-state index in [4.69, 9.17) is 10.5 Å². The van der Waals surface area contributed by atoms with E-state index in [0.717, 1.165) is 6.07 Å². The van der Waals surface area contributed by atoms with Crippen molar-refractivity contribution in [2.45, 2.75) is 6.18 Å². The molecule has 1 aromatic carbocycles. The van der Waals surface area contributed by atoms with Crippen molar-refractivity contribution >= 4 is 17.5 Å². The first-order chi connectivity index (χ1) is 9.81. The van der Waals surface area contributed by atoms with Gasteiger partial charge in [0.2, 0.25) is 5.95 Å². The number of hydrogen-bond donors (Lipinski definition) is 1. The van der Waals surface area contributed by atoms with Crippen LogP contribution in [-0.2, 0) is 6.18 Å². The van der Waals surface area contributed by atoms with Crippen LogP contribution in [0.1, 0.15) is 5.69 Å². The fourth-order valence-electron chi connectivity index (χ4n) is 1.72. The van der Waals surface area contributed by atoms with Gasteiger partial charge in [-0.1, -0.05) is 6.07 Å². The van der Waals surface area contributed by atoms with E-state index in [0.29, 0.717) is 11.4 Å². The van der Waals surface area contributed by atoms with Gasteiger partial charge >= 0.3 is 6.18 Å². The maximum absolute atomic E-state index is 12.7. The molecule has 112 valence electrons. The predicted molar refractivity (Wildman–Crippen MR) is 72.5 cm³/mol. The molecule has 5 nitrogen and oxygen atoms in total. The molecule has 0 unspecified atom stereocenters. The minimum Gasteiger partial charge on any atom is -0.497 e. The van der Waals surface area contributed by atoms with Crippen LogP contribution in [0.25, 0.3) is 0 Å². The smallest absolute Gasteiger partial charge is 0.433 e. The summed E-state index contributed by atoms with van der Waals surface area (Å²) >= 11 is 0. The number of anilines is 3. The molecule has 0 saturated heterocycles. The van der Waals surface area contributed by atoms with Gasteiger partial charge in [0, 0.05) is 24.9 Å². The lowest BCUT2D eigenvalue weighted by atomic mass is 10.2. The van der Waals surface area contributed by atoms with Crippen LogP contribution >= 0.6 is 0 Å². The summed E-state index contributed by atoms with van der Waals surface area (Å²) in [4.78, 5) is 8.50. The molecule has 1 aromatic heterocycles. The summed E-state index contributed by atoms with van der Waals surface area (Å²) in [6.07, 6.45) is -4.58. The molecule has 8 heteroatoms. The summed E-state index contributed by atoms with van der Waals surface area (Å²) in [6, 6.07) is 7.68. The lowest BCUT2D eigenvalue weighted by molar-refractivity contribution is -0.141. The third-order valence-electron chi connectivity index (χ3n) is 2.80. The van der Waals surface area contributed by atoms with Gasteiger partial charge in [-0.05, 0) is 12.1 Å². The molecule has 21 heavy (non-hydrogen) atoms. The number of hydrogen-bond acceptors (Lipinski definition) is 5. The number of nitrogens with two attached hydrogens (primary N) is 1. The van der Waals surface area contributed by atoms with E-state index in [1.54, 1.807) is 31.3 Å². The van der Waals surface area contributed by atoms with Crippen molar-refractivity contribution in [1.29, 1.82) is 0 Å². The molecule has 0 bridgehead atoms. The number of rotatable bonds is 3. The molecule has 0 aliphatic heterocycles. The molecule has 0 spiro atoms. The van der Waals surface area contributed by atoms with E-state index in [2.05, 4.69) is 9.97 Å². The highest BCUT2D eigenvalue weighted by Crippen LogP contribution is 2.32. The number of nitrogens with zero attached hydrogens (tertiary/aromatic N) is 3. The van der Waals surface area contributed by atoms with Gasteiger partial charge in [-0.3, -0.25) is 0 Å². The van der Waals surface area contributed by atoms with Crippen LogP contribution in [0.4, 0.5) is 30.6 Å². The lowest BCUT2D eigenvalue weighted by Gasteiger charge is -2.20. The van der Waals surface area contributed by atoms with Crippen LogP contribution in [0, 0.1) is 0 Å². The Labute approximate surface area is 119 Å². The van der Waals surface area contributed by atoms with Gasteiger partial charge in [0.15, 0.2) is 5.69 Å². The molecule has 0 saturated carbocycles. The lowest BCUT2D eigenvalue weighted by Crippen LogP contribution is -2.16. The molecule has 1 heterocycles. The van der Waals surface area contributed by atoms with Crippen molar-refractivity contribution in [2.24, 2.45) is 0 Å². The summed E-state index contributed by atoms with van der Waals surface area (Å²) in [5, 5.41) is 0. The van der Waals surface area contributed by atoms with Gasteiger partial charge in [0.25, 0.3) is 0 Å². The number of alkyl halides is 3. The predicted octanol–water partition coefficient (Wildman–Crippen LogP) is 2.85. The molecular weight excluding hydrogens is 285 g/mol. The van der Waals surface area contributed by atoms with E-state index >= 15 is 0 Å². The Hall–Kier alpha value is -2.51. The molecule has 0 aliphatic rings. The third-order valence-corrected chi connectivity index (χ3v) is 2.80. The van der Waals surface area contributed by atoms with Gasteiger partial charge in [-0.15, -0.1) is 0 Å². The highest BCUT2D eigenvalue weighted by molar-refractivity contribution is 5.62. The van der Waals surface area contributed by atoms with Crippen LogP contribution in [0.3, 0.4) is 0 Å². The van der Waals surface area contributed by atoms with Gasteiger partial charge in [0.05, 0.1) is 7.11 Å². The quantitative estimate of drug-likeness (QED) is 0.944. The van der Waals surface area contributed by atoms with Crippen LogP contribution in [0.2, 0.25) is 0 Å². The molecule has 0 radical (unpaired) electrons. The van der Waals surface area contributed by atoms with Gasteiger partial charge in [-0.2, -0.15) is 18.2 Å². The fraction of sp³-hybridized carbons (Fsp3) is 0.231. The number of halogens is 3. The van der Waals surface area contributed by atoms with Crippen molar-refractivity contribution in [3.05, 3.63) is 36.0 Å². The summed E-state index contributed by atoms with van der Waals surface area (Å²) in [6.45, 7) is 0. The zero-order valence-corrected chi connectivity index (χ0v) is 11.3. The van der Waals surface area contributed by atoms with Crippen molar-refractivity contribution < 1.29 is 17.9 Å². The number of ether oxygens (including phenoxy) is 1. The number of methoxy groups -OCH3 is 1.